The molecule has 0 amide bonds. The number of alkyl halides is 2. The number of hydrogen-bond donors (Lipinski definition) is 1. The molecule has 0 bridgehead atoms. The van der Waals surface area contributed by atoms with E-state index in [0.717, 1.165) is 22.2 Å². The normalized spacial score (nSPS) is 22.2. The summed E-state index contributed by atoms with van der Waals surface area (Å²) < 4.78 is 27.5. The number of pyridine rings is 1. The molecule has 1 aliphatic heterocycles. The maximum Gasteiger partial charge on any atom is 0.266 e. The maximum atomic E-state index is 13.7. The molecular formula is C15H17F2N3. The van der Waals surface area contributed by atoms with Crippen LogP contribution in [0.3, 0.4) is 0 Å². The lowest BCUT2D eigenvalue weighted by Crippen LogP contribution is -2.52. The topological polar surface area (TPSA) is 42.1 Å². The zero-order valence-corrected chi connectivity index (χ0v) is 11.3. The molecule has 3 nitrogen and oxygen atoms in total. The number of aromatic nitrogens is 1. The van der Waals surface area contributed by atoms with E-state index in [0.29, 0.717) is 6.54 Å². The minimum atomic E-state index is -2.74. The molecule has 2 N–H and O–H groups in total. The molecule has 1 aliphatic rings. The van der Waals surface area contributed by atoms with Crippen molar-refractivity contribution in [3.63, 3.8) is 0 Å². The van der Waals surface area contributed by atoms with E-state index in [4.69, 9.17) is 5.73 Å². The molecule has 1 unspecified atom stereocenters. The molecule has 0 radical (unpaired) electrons. The van der Waals surface area contributed by atoms with Crippen LogP contribution in [0, 0.1) is 6.92 Å². The van der Waals surface area contributed by atoms with Crippen LogP contribution >= 0.6 is 0 Å². The first kappa shape index (κ1) is 13.2. The number of hydrogen-bond acceptors (Lipinski definition) is 3. The van der Waals surface area contributed by atoms with Crippen molar-refractivity contribution in [2.24, 2.45) is 5.73 Å². The predicted molar refractivity (Wildman–Crippen MR) is 76.2 cm³/mol. The molecule has 0 saturated carbocycles. The number of aryl methyl sites for hydroxylation is 1. The second-order valence-electron chi connectivity index (χ2n) is 5.50. The van der Waals surface area contributed by atoms with Crippen molar-refractivity contribution in [1.29, 1.82) is 0 Å². The summed E-state index contributed by atoms with van der Waals surface area (Å²) in [4.78, 5) is 6.02. The maximum absolute atomic E-state index is 13.7. The fourth-order valence-electron chi connectivity index (χ4n) is 2.90. The number of benzene rings is 1. The zero-order valence-electron chi connectivity index (χ0n) is 11.3. The predicted octanol–water partition coefficient (Wildman–Crippen LogP) is 2.72. The Morgan fingerprint density at radius 2 is 2.15 bits per heavy atom. The van der Waals surface area contributed by atoms with Gasteiger partial charge in [-0.1, -0.05) is 6.07 Å². The molecule has 2 aromatic rings. The average Bonchev–Trinajstić information content (AvgIpc) is 2.37. The minimum Gasteiger partial charge on any atom is -0.363 e. The molecule has 106 valence electrons. The lowest BCUT2D eigenvalue weighted by atomic mass is 10.0. The fourth-order valence-corrected chi connectivity index (χ4v) is 2.90. The Labute approximate surface area is 116 Å². The van der Waals surface area contributed by atoms with Gasteiger partial charge in [-0.3, -0.25) is 4.98 Å². The summed E-state index contributed by atoms with van der Waals surface area (Å²) in [5.41, 5.74) is 8.45. The van der Waals surface area contributed by atoms with Gasteiger partial charge in [0.1, 0.15) is 0 Å². The molecule has 1 aromatic carbocycles. The van der Waals surface area contributed by atoms with Crippen molar-refractivity contribution in [1.82, 2.24) is 4.98 Å². The highest BCUT2D eigenvalue weighted by atomic mass is 19.3. The summed E-state index contributed by atoms with van der Waals surface area (Å²) >= 11 is 0. The lowest BCUT2D eigenvalue weighted by molar-refractivity contribution is -0.0171. The smallest absolute Gasteiger partial charge is 0.266 e. The molecule has 0 spiro atoms. The van der Waals surface area contributed by atoms with Crippen molar-refractivity contribution in [3.05, 3.63) is 36.0 Å². The van der Waals surface area contributed by atoms with E-state index in [1.165, 1.54) is 0 Å². The molecule has 0 aliphatic carbocycles. The first-order chi connectivity index (χ1) is 9.46. The fraction of sp³-hybridized carbons (Fsp3) is 0.400. The molecule has 1 atom stereocenters. The molecule has 2 heterocycles. The van der Waals surface area contributed by atoms with Crippen LogP contribution in [0.15, 0.2) is 30.5 Å². The highest BCUT2D eigenvalue weighted by Gasteiger charge is 2.39. The van der Waals surface area contributed by atoms with E-state index < -0.39 is 12.0 Å². The quantitative estimate of drug-likeness (QED) is 0.871. The third kappa shape index (κ3) is 2.33. The number of fused-ring (bicyclic) bond motifs is 1. The largest absolute Gasteiger partial charge is 0.363 e. The van der Waals surface area contributed by atoms with Crippen molar-refractivity contribution in [2.75, 3.05) is 18.0 Å². The number of anilines is 1. The summed E-state index contributed by atoms with van der Waals surface area (Å²) in [5.74, 6) is -2.74. The molecular weight excluding hydrogens is 260 g/mol. The van der Waals surface area contributed by atoms with E-state index in [-0.39, 0.29) is 13.0 Å². The van der Waals surface area contributed by atoms with Gasteiger partial charge in [-0.15, -0.1) is 0 Å². The molecule has 3 rings (SSSR count). The number of piperidine rings is 1. The number of halogens is 2. The van der Waals surface area contributed by atoms with Crippen LogP contribution in [0.2, 0.25) is 0 Å². The standard InChI is InChI=1S/C15H17F2N3/c1-10-4-5-13(12-3-2-6-19-14(10)12)20-8-11(18)7-15(16,17)9-20/h2-6,11H,7-9,18H2,1H3. The van der Waals surface area contributed by atoms with Gasteiger partial charge < -0.3 is 10.6 Å². The van der Waals surface area contributed by atoms with Crippen LogP contribution < -0.4 is 10.6 Å². The van der Waals surface area contributed by atoms with Crippen molar-refractivity contribution < 1.29 is 8.78 Å². The van der Waals surface area contributed by atoms with Crippen molar-refractivity contribution in [3.8, 4) is 0 Å². The van der Waals surface area contributed by atoms with Gasteiger partial charge in [0.2, 0.25) is 0 Å². The van der Waals surface area contributed by atoms with Crippen molar-refractivity contribution >= 4 is 16.6 Å². The molecule has 1 saturated heterocycles. The zero-order chi connectivity index (χ0) is 14.3. The van der Waals surface area contributed by atoms with Gasteiger partial charge in [0.15, 0.2) is 0 Å². The van der Waals surface area contributed by atoms with E-state index in [1.54, 1.807) is 11.1 Å². The van der Waals surface area contributed by atoms with Gasteiger partial charge in [-0.2, -0.15) is 0 Å². The van der Waals surface area contributed by atoms with Crippen LogP contribution in [-0.4, -0.2) is 30.0 Å². The Kier molecular flexibility index (Phi) is 3.09. The SMILES string of the molecule is Cc1ccc(N2CC(N)CC(F)(F)C2)c2cccnc12. The third-order valence-electron chi connectivity index (χ3n) is 3.73. The lowest BCUT2D eigenvalue weighted by Gasteiger charge is -2.38. The van der Waals surface area contributed by atoms with E-state index >= 15 is 0 Å². The molecule has 20 heavy (non-hydrogen) atoms. The van der Waals surface area contributed by atoms with Crippen LogP contribution in [0.5, 0.6) is 0 Å². The minimum absolute atomic E-state index is 0.245. The van der Waals surface area contributed by atoms with E-state index in [1.807, 2.05) is 31.2 Å². The van der Waals surface area contributed by atoms with Crippen LogP contribution in [0.1, 0.15) is 12.0 Å². The summed E-state index contributed by atoms with van der Waals surface area (Å²) in [7, 11) is 0. The van der Waals surface area contributed by atoms with Gasteiger partial charge in [0.05, 0.1) is 12.1 Å². The summed E-state index contributed by atoms with van der Waals surface area (Å²) in [6.07, 6.45) is 1.47. The Morgan fingerprint density at radius 1 is 1.35 bits per heavy atom. The number of nitrogens with two attached hydrogens (primary N) is 1. The van der Waals surface area contributed by atoms with Gasteiger partial charge in [0.25, 0.3) is 5.92 Å². The Balaban J connectivity index is 2.08. The number of rotatable bonds is 1. The molecule has 5 heteroatoms. The Bertz CT molecular complexity index is 642. The average molecular weight is 277 g/mol. The third-order valence-corrected chi connectivity index (χ3v) is 3.73. The number of nitrogens with zero attached hydrogens (tertiary/aromatic N) is 2. The Hall–Kier alpha value is -1.75. The van der Waals surface area contributed by atoms with E-state index in [9.17, 15) is 8.78 Å². The highest BCUT2D eigenvalue weighted by molar-refractivity contribution is 5.93. The van der Waals surface area contributed by atoms with Crippen molar-refractivity contribution in [2.45, 2.75) is 25.3 Å². The van der Waals surface area contributed by atoms with E-state index in [2.05, 4.69) is 4.98 Å². The van der Waals surface area contributed by atoms with Gasteiger partial charge in [-0.05, 0) is 30.7 Å². The summed E-state index contributed by atoms with van der Waals surface area (Å²) in [6.45, 7) is 2.13. The first-order valence-corrected chi connectivity index (χ1v) is 6.69. The Morgan fingerprint density at radius 3 is 2.90 bits per heavy atom. The second kappa shape index (κ2) is 4.66. The summed E-state index contributed by atoms with van der Waals surface area (Å²) in [6, 6.07) is 7.04. The van der Waals surface area contributed by atoms with Gasteiger partial charge in [0, 0.05) is 36.3 Å². The second-order valence-corrected chi connectivity index (χ2v) is 5.50. The summed E-state index contributed by atoms with van der Waals surface area (Å²) in [5, 5.41) is 0.900. The van der Waals surface area contributed by atoms with Gasteiger partial charge >= 0.3 is 0 Å². The molecule has 1 fully saturated rings. The highest BCUT2D eigenvalue weighted by Crippen LogP contribution is 2.34. The van der Waals surface area contributed by atoms with Crippen LogP contribution in [0.4, 0.5) is 14.5 Å². The van der Waals surface area contributed by atoms with Gasteiger partial charge in [-0.25, -0.2) is 8.78 Å². The monoisotopic (exact) mass is 277 g/mol. The molecule has 1 aromatic heterocycles. The first-order valence-electron chi connectivity index (χ1n) is 6.69. The van der Waals surface area contributed by atoms with Crippen LogP contribution in [0.25, 0.3) is 10.9 Å². The van der Waals surface area contributed by atoms with Crippen LogP contribution in [-0.2, 0) is 0 Å².